The molecule has 0 saturated carbocycles. The Morgan fingerprint density at radius 2 is 1.60 bits per heavy atom. The maximum atomic E-state index is 13.3. The molecule has 0 fully saturated rings. The number of carbonyl (C=O) groups excluding carboxylic acids is 2. The lowest BCUT2D eigenvalue weighted by molar-refractivity contribution is -0.155. The molecule has 0 aromatic heterocycles. The van der Waals surface area contributed by atoms with E-state index < -0.39 is 29.8 Å². The number of halogens is 1. The summed E-state index contributed by atoms with van der Waals surface area (Å²) in [5.41, 5.74) is 6.63. The van der Waals surface area contributed by atoms with Crippen molar-refractivity contribution in [2.45, 2.75) is 51.4 Å². The molecule has 9 heteroatoms. The fourth-order valence-electron chi connectivity index (χ4n) is 7.03. The first-order valence-corrected chi connectivity index (χ1v) is 16.5. The smallest absolute Gasteiger partial charge is 0.407 e. The zero-order chi connectivity index (χ0) is 34.2. The summed E-state index contributed by atoms with van der Waals surface area (Å²) in [5, 5.41) is 13.7. The highest BCUT2D eigenvalue weighted by Gasteiger charge is 2.42. The highest BCUT2D eigenvalue weighted by atomic mass is 35.5. The normalized spacial score (nSPS) is 19.3. The van der Waals surface area contributed by atoms with Gasteiger partial charge in [-0.2, -0.15) is 0 Å². The minimum atomic E-state index is -1.23. The molecule has 6 rings (SSSR count). The summed E-state index contributed by atoms with van der Waals surface area (Å²) >= 11 is 6.22. The molecule has 48 heavy (non-hydrogen) atoms. The van der Waals surface area contributed by atoms with Gasteiger partial charge in [0.05, 0.1) is 11.6 Å². The summed E-state index contributed by atoms with van der Waals surface area (Å²) in [6.45, 7) is 7.89. The van der Waals surface area contributed by atoms with E-state index in [0.29, 0.717) is 16.2 Å². The number of benzene rings is 3. The van der Waals surface area contributed by atoms with Crippen LogP contribution in [0.25, 0.3) is 16.7 Å². The predicted octanol–water partition coefficient (Wildman–Crippen LogP) is 7.24. The number of amides is 2. The number of hydrogen-bond acceptors (Lipinski definition) is 5. The Bertz CT molecular complexity index is 1790. The summed E-state index contributed by atoms with van der Waals surface area (Å²) in [6.07, 6.45) is 3.47. The molecule has 2 aliphatic carbocycles. The van der Waals surface area contributed by atoms with Gasteiger partial charge in [0.1, 0.15) is 6.61 Å². The number of aliphatic carboxylic acids is 1. The second-order valence-electron chi connectivity index (χ2n) is 13.3. The number of nitrogens with zero attached hydrogens (tertiary/aromatic N) is 1. The molecular weight excluding hydrogens is 628 g/mol. The summed E-state index contributed by atoms with van der Waals surface area (Å²) in [4.78, 5) is 40.5. The van der Waals surface area contributed by atoms with E-state index in [1.165, 1.54) is 6.08 Å². The van der Waals surface area contributed by atoms with Gasteiger partial charge in [0, 0.05) is 29.9 Å². The second-order valence-corrected chi connectivity index (χ2v) is 13.7. The summed E-state index contributed by atoms with van der Waals surface area (Å²) in [6, 6.07) is 23.1. The van der Waals surface area contributed by atoms with Gasteiger partial charge in [0.2, 0.25) is 5.91 Å². The largest absolute Gasteiger partial charge is 0.479 e. The average molecular weight is 667 g/mol. The van der Waals surface area contributed by atoms with E-state index in [4.69, 9.17) is 21.1 Å². The molecule has 1 heterocycles. The fourth-order valence-corrected chi connectivity index (χ4v) is 7.16. The third-order valence-corrected chi connectivity index (χ3v) is 9.26. The van der Waals surface area contributed by atoms with Gasteiger partial charge in [0.15, 0.2) is 6.10 Å². The molecule has 0 spiro atoms. The third kappa shape index (κ3) is 6.68. The Morgan fingerprint density at radius 1 is 0.979 bits per heavy atom. The monoisotopic (exact) mass is 666 g/mol. The maximum absolute atomic E-state index is 13.3. The van der Waals surface area contributed by atoms with Crippen LogP contribution >= 0.6 is 11.6 Å². The van der Waals surface area contributed by atoms with E-state index in [1.807, 2.05) is 76.2 Å². The Hall–Kier alpha value is -4.66. The van der Waals surface area contributed by atoms with Gasteiger partial charge in [-0.05, 0) is 90.4 Å². The Balaban J connectivity index is 1.19. The zero-order valence-corrected chi connectivity index (χ0v) is 28.2. The van der Waals surface area contributed by atoms with Crippen LogP contribution in [0.15, 0.2) is 102 Å². The lowest BCUT2D eigenvalue weighted by Crippen LogP contribution is -2.50. The molecule has 3 aromatic carbocycles. The Morgan fingerprint density at radius 3 is 2.21 bits per heavy atom. The zero-order valence-electron chi connectivity index (χ0n) is 27.4. The number of alkyl carbamates (subject to hydrolysis) is 1. The van der Waals surface area contributed by atoms with Crippen molar-refractivity contribution in [3.63, 3.8) is 0 Å². The van der Waals surface area contributed by atoms with Gasteiger partial charge >= 0.3 is 12.1 Å². The van der Waals surface area contributed by atoms with Crippen molar-refractivity contribution in [3.05, 3.63) is 124 Å². The molecule has 8 nitrogen and oxygen atoms in total. The molecule has 2 unspecified atom stereocenters. The van der Waals surface area contributed by atoms with Gasteiger partial charge in [-0.1, -0.05) is 84.4 Å². The molecule has 3 aromatic rings. The molecule has 1 aliphatic heterocycles. The van der Waals surface area contributed by atoms with Crippen molar-refractivity contribution in [1.82, 2.24) is 10.2 Å². The standard InChI is InChI=1S/C39H39ClN2O6/c1-23-21-32-30(35(24-13-15-25(40)16-14-24)34(23)36(37(44)45)48-39(2,3)4)17-18-33(43)42(32)20-19-41-38(46)47-22-31-28-11-7-5-9-26(28)27-10-6-8-12-29(27)31/h5-18,21,30-32,36H,19-20,22H2,1-4H3,(H,41,46)(H,44,45)/t30?,32?,36-/m0/s1. The first-order chi connectivity index (χ1) is 22.9. The van der Waals surface area contributed by atoms with Crippen LogP contribution in [-0.2, 0) is 19.1 Å². The Kier molecular flexibility index (Phi) is 9.32. The lowest BCUT2D eigenvalue weighted by atomic mass is 9.73. The number of hydrogen-bond donors (Lipinski definition) is 2. The number of fused-ring (bicyclic) bond motifs is 4. The highest BCUT2D eigenvalue weighted by Crippen LogP contribution is 2.45. The second kappa shape index (κ2) is 13.5. The molecule has 2 N–H and O–H groups in total. The SMILES string of the molecule is CC1=CC2C(C=CC(=O)N2CCNC(=O)OCC2c3ccccc3-c3ccccc32)C(c2ccc(Cl)cc2)=C1[C@H](OC(C)(C)C)C(=O)O. The molecule has 248 valence electrons. The van der Waals surface area contributed by atoms with Crippen molar-refractivity contribution in [2.24, 2.45) is 5.92 Å². The van der Waals surface area contributed by atoms with Crippen molar-refractivity contribution < 1.29 is 29.0 Å². The summed E-state index contributed by atoms with van der Waals surface area (Å²) < 4.78 is 11.8. The van der Waals surface area contributed by atoms with Crippen LogP contribution in [0.4, 0.5) is 4.79 Å². The first-order valence-electron chi connectivity index (χ1n) is 16.1. The van der Waals surface area contributed by atoms with Crippen molar-refractivity contribution in [1.29, 1.82) is 0 Å². The molecule has 2 amide bonds. The maximum Gasteiger partial charge on any atom is 0.407 e. The number of ether oxygens (including phenoxy) is 2. The van der Waals surface area contributed by atoms with E-state index in [2.05, 4.69) is 29.6 Å². The minimum Gasteiger partial charge on any atom is -0.479 e. The third-order valence-electron chi connectivity index (χ3n) is 9.00. The summed E-state index contributed by atoms with van der Waals surface area (Å²) in [5.74, 6) is -1.72. The molecule has 0 radical (unpaired) electrons. The van der Waals surface area contributed by atoms with E-state index in [0.717, 1.165) is 33.4 Å². The fraction of sp³-hybridized carbons (Fsp3) is 0.308. The lowest BCUT2D eigenvalue weighted by Gasteiger charge is -2.43. The van der Waals surface area contributed by atoms with Gasteiger partial charge < -0.3 is 24.8 Å². The molecule has 0 bridgehead atoms. The quantitative estimate of drug-likeness (QED) is 0.249. The van der Waals surface area contributed by atoms with Gasteiger partial charge in [-0.3, -0.25) is 4.79 Å². The minimum absolute atomic E-state index is 0.0581. The van der Waals surface area contributed by atoms with Crippen LogP contribution < -0.4 is 5.32 Å². The number of carboxylic acid groups (broad SMARTS) is 1. The highest BCUT2D eigenvalue weighted by molar-refractivity contribution is 6.30. The topological polar surface area (TPSA) is 105 Å². The van der Waals surface area contributed by atoms with Crippen molar-refractivity contribution >= 4 is 35.1 Å². The first kappa shape index (κ1) is 33.2. The molecule has 3 atom stereocenters. The summed E-state index contributed by atoms with van der Waals surface area (Å²) in [7, 11) is 0. The van der Waals surface area contributed by atoms with Crippen LogP contribution in [0.2, 0.25) is 5.02 Å². The molecular formula is C39H39ClN2O6. The van der Waals surface area contributed by atoms with E-state index in [-0.39, 0.29) is 37.4 Å². The van der Waals surface area contributed by atoms with Crippen molar-refractivity contribution in [2.75, 3.05) is 19.7 Å². The predicted molar refractivity (Wildman–Crippen MR) is 186 cm³/mol. The van der Waals surface area contributed by atoms with E-state index in [1.54, 1.807) is 17.0 Å². The number of nitrogens with one attached hydrogen (secondary N) is 1. The van der Waals surface area contributed by atoms with Crippen LogP contribution in [0.3, 0.4) is 0 Å². The van der Waals surface area contributed by atoms with Crippen LogP contribution in [0.1, 0.15) is 50.3 Å². The van der Waals surface area contributed by atoms with Gasteiger partial charge in [-0.15, -0.1) is 0 Å². The Labute approximate surface area is 285 Å². The van der Waals surface area contributed by atoms with E-state index >= 15 is 0 Å². The van der Waals surface area contributed by atoms with Gasteiger partial charge in [-0.25, -0.2) is 9.59 Å². The van der Waals surface area contributed by atoms with E-state index in [9.17, 15) is 19.5 Å². The van der Waals surface area contributed by atoms with Gasteiger partial charge in [0.25, 0.3) is 0 Å². The van der Waals surface area contributed by atoms with Crippen molar-refractivity contribution in [3.8, 4) is 11.1 Å². The van der Waals surface area contributed by atoms with Crippen LogP contribution in [-0.4, -0.2) is 65.4 Å². The molecule has 0 saturated heterocycles. The number of carboxylic acids is 1. The average Bonchev–Trinajstić information content (AvgIpc) is 3.37. The number of rotatable bonds is 9. The van der Waals surface area contributed by atoms with Crippen LogP contribution in [0.5, 0.6) is 0 Å². The number of carbonyl (C=O) groups is 3. The van der Waals surface area contributed by atoms with Crippen LogP contribution in [0, 0.1) is 5.92 Å². The molecule has 3 aliphatic rings.